The molecule has 4 nitrogen and oxygen atoms in total. The van der Waals surface area contributed by atoms with Crippen molar-refractivity contribution in [2.75, 3.05) is 40.0 Å². The van der Waals surface area contributed by atoms with Crippen molar-refractivity contribution >= 4 is 0 Å². The number of rotatable bonds is 7. The molecule has 3 N–H and O–H groups in total. The highest BCUT2D eigenvalue weighted by Crippen LogP contribution is 2.37. The summed E-state index contributed by atoms with van der Waals surface area (Å²) in [6.45, 7) is 8.04. The van der Waals surface area contributed by atoms with Gasteiger partial charge in [0.25, 0.3) is 0 Å². The number of nitrogens with zero attached hydrogens (tertiary/aromatic N) is 1. The summed E-state index contributed by atoms with van der Waals surface area (Å²) in [7, 11) is 1.71. The fourth-order valence-electron chi connectivity index (χ4n) is 3.00. The minimum Gasteiger partial charge on any atom is -0.395 e. The molecule has 1 aliphatic rings. The van der Waals surface area contributed by atoms with Gasteiger partial charge in [0.15, 0.2) is 0 Å². The molecule has 0 bridgehead atoms. The first kappa shape index (κ1) is 15.9. The van der Waals surface area contributed by atoms with Crippen LogP contribution in [0.4, 0.5) is 0 Å². The molecule has 2 atom stereocenters. The van der Waals surface area contributed by atoms with Crippen LogP contribution in [0.1, 0.15) is 33.1 Å². The first-order valence-electron chi connectivity index (χ1n) is 7.09. The third-order valence-electron chi connectivity index (χ3n) is 4.33. The van der Waals surface area contributed by atoms with Gasteiger partial charge in [0, 0.05) is 32.8 Å². The van der Waals surface area contributed by atoms with E-state index >= 15 is 0 Å². The highest BCUT2D eigenvalue weighted by molar-refractivity contribution is 4.92. The van der Waals surface area contributed by atoms with E-state index in [1.807, 2.05) is 0 Å². The highest BCUT2D eigenvalue weighted by Gasteiger charge is 2.36. The van der Waals surface area contributed by atoms with Gasteiger partial charge in [-0.25, -0.2) is 0 Å². The van der Waals surface area contributed by atoms with Crippen molar-refractivity contribution in [3.8, 4) is 0 Å². The Kier molecular flexibility index (Phi) is 6.57. The summed E-state index contributed by atoms with van der Waals surface area (Å²) in [5, 5.41) is 9.12. The summed E-state index contributed by atoms with van der Waals surface area (Å²) < 4.78 is 5.12. The topological polar surface area (TPSA) is 58.7 Å². The number of ether oxygens (including phenoxy) is 1. The quantitative estimate of drug-likeness (QED) is 0.717. The van der Waals surface area contributed by atoms with Crippen LogP contribution in [0.3, 0.4) is 0 Å². The molecular formula is C14H30N2O2. The van der Waals surface area contributed by atoms with Crippen LogP contribution in [-0.4, -0.2) is 56.0 Å². The zero-order valence-electron chi connectivity index (χ0n) is 12.2. The van der Waals surface area contributed by atoms with Gasteiger partial charge in [-0.3, -0.25) is 4.90 Å². The van der Waals surface area contributed by atoms with Gasteiger partial charge in [0.05, 0.1) is 13.2 Å². The minimum atomic E-state index is 0.203. The molecular weight excluding hydrogens is 228 g/mol. The maximum atomic E-state index is 9.12. The Balaban J connectivity index is 2.51. The van der Waals surface area contributed by atoms with Crippen LogP contribution in [0.2, 0.25) is 0 Å². The number of methoxy groups -OCH3 is 1. The van der Waals surface area contributed by atoms with E-state index in [0.717, 1.165) is 13.1 Å². The van der Waals surface area contributed by atoms with Crippen molar-refractivity contribution in [2.45, 2.75) is 39.2 Å². The van der Waals surface area contributed by atoms with E-state index in [1.54, 1.807) is 7.11 Å². The normalized spacial score (nSPS) is 27.7. The molecule has 108 valence electrons. The largest absolute Gasteiger partial charge is 0.395 e. The SMILES string of the molecule is COCCN(CCO)CC1CCCC(C)(C)C1N. The van der Waals surface area contributed by atoms with Crippen LogP contribution >= 0.6 is 0 Å². The van der Waals surface area contributed by atoms with Gasteiger partial charge in [-0.05, 0) is 24.2 Å². The van der Waals surface area contributed by atoms with E-state index in [2.05, 4.69) is 18.7 Å². The van der Waals surface area contributed by atoms with E-state index in [1.165, 1.54) is 19.3 Å². The molecule has 18 heavy (non-hydrogen) atoms. The molecule has 0 saturated heterocycles. The number of aliphatic hydroxyl groups excluding tert-OH is 1. The molecule has 0 radical (unpaired) electrons. The summed E-state index contributed by atoms with van der Waals surface area (Å²) in [4.78, 5) is 2.27. The summed E-state index contributed by atoms with van der Waals surface area (Å²) in [6.07, 6.45) is 3.70. The van der Waals surface area contributed by atoms with E-state index in [0.29, 0.717) is 19.1 Å². The second-order valence-corrected chi connectivity index (χ2v) is 6.18. The first-order valence-corrected chi connectivity index (χ1v) is 7.09. The highest BCUT2D eigenvalue weighted by atomic mass is 16.5. The predicted octanol–water partition coefficient (Wildman–Crippen LogP) is 1.08. The standard InChI is InChI=1S/C14H30N2O2/c1-14(2)6-4-5-12(13(14)15)11-16(7-9-17)8-10-18-3/h12-13,17H,4-11,15H2,1-3H3. The molecule has 0 aromatic carbocycles. The molecule has 0 heterocycles. The number of nitrogens with two attached hydrogens (primary N) is 1. The third-order valence-corrected chi connectivity index (χ3v) is 4.33. The maximum Gasteiger partial charge on any atom is 0.0589 e. The molecule has 0 aliphatic heterocycles. The van der Waals surface area contributed by atoms with Gasteiger partial charge >= 0.3 is 0 Å². The zero-order chi connectivity index (χ0) is 13.6. The Hall–Kier alpha value is -0.160. The summed E-state index contributed by atoms with van der Waals surface area (Å²) in [5.41, 5.74) is 6.65. The molecule has 2 unspecified atom stereocenters. The lowest BCUT2D eigenvalue weighted by molar-refractivity contribution is 0.0766. The fourth-order valence-corrected chi connectivity index (χ4v) is 3.00. The molecule has 0 aromatic rings. The van der Waals surface area contributed by atoms with Gasteiger partial charge in [0.1, 0.15) is 0 Å². The van der Waals surface area contributed by atoms with Gasteiger partial charge in [0.2, 0.25) is 0 Å². The van der Waals surface area contributed by atoms with Crippen molar-refractivity contribution < 1.29 is 9.84 Å². The summed E-state index contributed by atoms with van der Waals surface area (Å²) in [6, 6.07) is 0.259. The van der Waals surface area contributed by atoms with E-state index in [9.17, 15) is 0 Å². The second kappa shape index (κ2) is 7.43. The fraction of sp³-hybridized carbons (Fsp3) is 1.00. The van der Waals surface area contributed by atoms with Crippen molar-refractivity contribution in [2.24, 2.45) is 17.1 Å². The third kappa shape index (κ3) is 4.50. The van der Waals surface area contributed by atoms with Gasteiger partial charge in [-0.2, -0.15) is 0 Å². The summed E-state index contributed by atoms with van der Waals surface area (Å²) >= 11 is 0. The average Bonchev–Trinajstić information content (AvgIpc) is 2.32. The predicted molar refractivity (Wildman–Crippen MR) is 74.5 cm³/mol. The van der Waals surface area contributed by atoms with Gasteiger partial charge in [-0.1, -0.05) is 20.3 Å². The van der Waals surface area contributed by atoms with Crippen LogP contribution in [0.5, 0.6) is 0 Å². The van der Waals surface area contributed by atoms with E-state index in [4.69, 9.17) is 15.6 Å². The first-order chi connectivity index (χ1) is 8.51. The smallest absolute Gasteiger partial charge is 0.0589 e. The minimum absolute atomic E-state index is 0.203. The summed E-state index contributed by atoms with van der Waals surface area (Å²) in [5.74, 6) is 0.539. The van der Waals surface area contributed by atoms with Crippen molar-refractivity contribution in [1.82, 2.24) is 4.90 Å². The maximum absolute atomic E-state index is 9.12. The Labute approximate surface area is 111 Å². The van der Waals surface area contributed by atoms with Crippen molar-refractivity contribution in [3.63, 3.8) is 0 Å². The Morgan fingerprint density at radius 3 is 2.72 bits per heavy atom. The molecule has 1 rings (SSSR count). The van der Waals surface area contributed by atoms with E-state index < -0.39 is 0 Å². The molecule has 1 saturated carbocycles. The van der Waals surface area contributed by atoms with Crippen LogP contribution in [-0.2, 0) is 4.74 Å². The number of hydrogen-bond acceptors (Lipinski definition) is 4. The lowest BCUT2D eigenvalue weighted by Crippen LogP contribution is -2.50. The molecule has 0 aromatic heterocycles. The van der Waals surface area contributed by atoms with Crippen LogP contribution < -0.4 is 5.73 Å². The van der Waals surface area contributed by atoms with Gasteiger partial charge < -0.3 is 15.6 Å². The zero-order valence-corrected chi connectivity index (χ0v) is 12.2. The Bertz CT molecular complexity index is 234. The Morgan fingerprint density at radius 2 is 2.11 bits per heavy atom. The van der Waals surface area contributed by atoms with Gasteiger partial charge in [-0.15, -0.1) is 0 Å². The molecule has 1 aliphatic carbocycles. The van der Waals surface area contributed by atoms with Crippen LogP contribution in [0.15, 0.2) is 0 Å². The molecule has 4 heteroatoms. The van der Waals surface area contributed by atoms with Crippen molar-refractivity contribution in [3.05, 3.63) is 0 Å². The molecule has 1 fully saturated rings. The van der Waals surface area contributed by atoms with E-state index in [-0.39, 0.29) is 18.1 Å². The number of hydrogen-bond donors (Lipinski definition) is 2. The van der Waals surface area contributed by atoms with Crippen molar-refractivity contribution in [1.29, 1.82) is 0 Å². The lowest BCUT2D eigenvalue weighted by Gasteiger charge is -2.43. The number of aliphatic hydroxyl groups is 1. The van der Waals surface area contributed by atoms with Crippen LogP contribution in [0.25, 0.3) is 0 Å². The Morgan fingerprint density at radius 1 is 1.39 bits per heavy atom. The molecule has 0 spiro atoms. The average molecular weight is 258 g/mol. The van der Waals surface area contributed by atoms with Crippen LogP contribution in [0, 0.1) is 11.3 Å². The molecule has 0 amide bonds. The lowest BCUT2D eigenvalue weighted by atomic mass is 9.68. The second-order valence-electron chi connectivity index (χ2n) is 6.18. The monoisotopic (exact) mass is 258 g/mol.